The van der Waals surface area contributed by atoms with Crippen LogP contribution in [0.25, 0.3) is 0 Å². The molecule has 1 saturated heterocycles. The molecule has 0 saturated carbocycles. The van der Waals surface area contributed by atoms with Crippen LogP contribution in [0.2, 0.25) is 0 Å². The van der Waals surface area contributed by atoms with Crippen molar-refractivity contribution < 1.29 is 38.7 Å². The van der Waals surface area contributed by atoms with Crippen LogP contribution in [0.5, 0.6) is 0 Å². The summed E-state index contributed by atoms with van der Waals surface area (Å²) in [5.74, 6) is -7.84. The van der Waals surface area contributed by atoms with E-state index in [9.17, 15) is 38.7 Å². The number of carbonyl (C=O) groups is 7. The van der Waals surface area contributed by atoms with Gasteiger partial charge in [0.25, 0.3) is 5.91 Å². The minimum Gasteiger partial charge on any atom is -0.481 e. The Balaban J connectivity index is 1.74. The zero-order valence-corrected chi connectivity index (χ0v) is 30.5. The number of nitrogens with zero attached hydrogens (tertiary/aromatic N) is 3. The predicted octanol–water partition coefficient (Wildman–Crippen LogP) is 4.55. The minimum absolute atomic E-state index is 0.0651. The van der Waals surface area contributed by atoms with Gasteiger partial charge in [0.1, 0.15) is 5.69 Å². The van der Waals surface area contributed by atoms with Crippen LogP contribution >= 0.6 is 0 Å². The van der Waals surface area contributed by atoms with Crippen LogP contribution in [0.3, 0.4) is 0 Å². The monoisotopic (exact) mass is 704 g/mol. The number of aliphatic carboxylic acids is 1. The Hall–Kier alpha value is -4.61. The molecule has 2 heterocycles. The molecule has 1 aromatic heterocycles. The Morgan fingerprint density at radius 1 is 0.922 bits per heavy atom. The quantitative estimate of drug-likeness (QED) is 0.186. The number of rotatable bonds is 20. The zero-order valence-electron chi connectivity index (χ0n) is 30.5. The summed E-state index contributed by atoms with van der Waals surface area (Å²) in [6.45, 7) is 11.3. The van der Waals surface area contributed by atoms with Crippen LogP contribution in [-0.2, 0) is 35.2 Å². The van der Waals surface area contributed by atoms with E-state index in [2.05, 4.69) is 15.3 Å². The highest BCUT2D eigenvalue weighted by Gasteiger charge is 2.44. The molecule has 12 nitrogen and oxygen atoms in total. The molecule has 276 valence electrons. The lowest BCUT2D eigenvalue weighted by Crippen LogP contribution is -2.49. The van der Waals surface area contributed by atoms with Crippen LogP contribution in [-0.4, -0.2) is 79.5 Å². The molecular formula is C39H52N4O8. The Kier molecular flexibility index (Phi) is 15.3. The first-order valence-corrected chi connectivity index (χ1v) is 17.9. The van der Waals surface area contributed by atoms with Gasteiger partial charge in [-0.25, -0.2) is 4.98 Å². The van der Waals surface area contributed by atoms with E-state index in [0.717, 1.165) is 5.56 Å². The summed E-state index contributed by atoms with van der Waals surface area (Å²) >= 11 is 0. The maximum absolute atomic E-state index is 14.1. The number of nitrogens with one attached hydrogen (secondary N) is 1. The minimum atomic E-state index is -1.18. The van der Waals surface area contributed by atoms with Gasteiger partial charge in [0.05, 0.1) is 24.2 Å². The van der Waals surface area contributed by atoms with E-state index in [-0.39, 0.29) is 66.6 Å². The van der Waals surface area contributed by atoms with Crippen molar-refractivity contribution >= 4 is 40.9 Å². The number of carbonyl (C=O) groups excluding carboxylic acids is 6. The van der Waals surface area contributed by atoms with Crippen molar-refractivity contribution in [3.05, 3.63) is 60.2 Å². The van der Waals surface area contributed by atoms with Gasteiger partial charge in [-0.3, -0.25) is 38.5 Å². The van der Waals surface area contributed by atoms with Crippen LogP contribution in [0.1, 0.15) is 96.1 Å². The largest absolute Gasteiger partial charge is 0.481 e. The number of ketones is 4. The van der Waals surface area contributed by atoms with Crippen molar-refractivity contribution in [2.45, 2.75) is 98.6 Å². The van der Waals surface area contributed by atoms with Gasteiger partial charge >= 0.3 is 5.97 Å². The van der Waals surface area contributed by atoms with Gasteiger partial charge in [-0.05, 0) is 42.6 Å². The molecular weight excluding hydrogens is 652 g/mol. The second-order valence-corrected chi connectivity index (χ2v) is 14.4. The highest BCUT2D eigenvalue weighted by molar-refractivity contribution is 6.38. The average Bonchev–Trinajstić information content (AvgIpc) is 3.49. The molecule has 1 aromatic carbocycles. The normalized spacial score (nSPS) is 18.2. The maximum Gasteiger partial charge on any atom is 0.307 e. The van der Waals surface area contributed by atoms with E-state index in [1.807, 2.05) is 27.7 Å². The Labute approximate surface area is 300 Å². The Bertz CT molecular complexity index is 1540. The van der Waals surface area contributed by atoms with Crippen molar-refractivity contribution in [1.29, 1.82) is 0 Å². The second-order valence-electron chi connectivity index (χ2n) is 14.4. The number of hydrogen-bond acceptors (Lipinski definition) is 9. The van der Waals surface area contributed by atoms with Gasteiger partial charge < -0.3 is 15.3 Å². The summed E-state index contributed by atoms with van der Waals surface area (Å²) in [5.41, 5.74) is 0.800. The number of Topliss-reactive ketones (excluding diaryl/α,β-unsaturated/α-hetero) is 4. The topological polar surface area (TPSA) is 181 Å². The van der Waals surface area contributed by atoms with Crippen molar-refractivity contribution in [3.63, 3.8) is 0 Å². The maximum atomic E-state index is 14.1. The molecule has 0 aliphatic carbocycles. The number of benzene rings is 1. The third-order valence-electron chi connectivity index (χ3n) is 9.79. The van der Waals surface area contributed by atoms with Crippen LogP contribution in [0.15, 0.2) is 48.9 Å². The smallest absolute Gasteiger partial charge is 0.307 e. The van der Waals surface area contributed by atoms with Gasteiger partial charge in [0.15, 0.2) is 17.3 Å². The standard InChI is InChI=1S/C39H52N4O8/c1-7-11-27(36(47)33(46)20-28(39(50)51)18-26-12-9-8-10-13-26)19-32(45)35-25(6)14-17-43(35)38(49)29(23(2)3)21-31(44)34(24(4)5)42-37(48)30-22-40-15-16-41-30/h8-10,12-13,15-16,22-25,27-29,34-35H,7,11,14,17-21H2,1-6H3,(H,42,48)(H,50,51)/t25-,27?,28+,29-,34-,35-/m0/s1. The molecule has 1 aliphatic heterocycles. The lowest BCUT2D eigenvalue weighted by molar-refractivity contribution is -0.147. The molecule has 0 spiro atoms. The molecule has 0 bridgehead atoms. The predicted molar refractivity (Wildman–Crippen MR) is 189 cm³/mol. The third kappa shape index (κ3) is 11.2. The molecule has 0 radical (unpaired) electrons. The number of aromatic nitrogens is 2. The molecule has 6 atom stereocenters. The van der Waals surface area contributed by atoms with E-state index in [4.69, 9.17) is 0 Å². The lowest BCUT2D eigenvalue weighted by Gasteiger charge is -2.32. The van der Waals surface area contributed by atoms with Crippen LogP contribution in [0.4, 0.5) is 0 Å². The fourth-order valence-electron chi connectivity index (χ4n) is 6.84. The SMILES string of the molecule is CCCC(CC(=O)[C@@H]1[C@@H](C)CCN1C(=O)[C@@H](CC(=O)[C@@H](NC(=O)c1cnccn1)C(C)C)C(C)C)C(=O)C(=O)C[C@@H](Cc1ccccc1)C(=O)O. The summed E-state index contributed by atoms with van der Waals surface area (Å²) in [6, 6.07) is 7.16. The molecule has 1 aliphatic rings. The lowest BCUT2D eigenvalue weighted by atomic mass is 9.83. The van der Waals surface area contributed by atoms with Gasteiger partial charge in [-0.2, -0.15) is 0 Å². The molecule has 12 heteroatoms. The first kappa shape index (κ1) is 40.8. The van der Waals surface area contributed by atoms with Crippen molar-refractivity contribution in [2.75, 3.05) is 6.54 Å². The molecule has 2 N–H and O–H groups in total. The summed E-state index contributed by atoms with van der Waals surface area (Å²) in [4.78, 5) is 103. The average molecular weight is 705 g/mol. The highest BCUT2D eigenvalue weighted by Crippen LogP contribution is 2.32. The van der Waals surface area contributed by atoms with E-state index in [0.29, 0.717) is 19.4 Å². The van der Waals surface area contributed by atoms with Gasteiger partial charge in [0, 0.05) is 50.0 Å². The molecule has 1 fully saturated rings. The summed E-state index contributed by atoms with van der Waals surface area (Å²) < 4.78 is 0. The molecule has 3 rings (SSSR count). The van der Waals surface area contributed by atoms with Crippen LogP contribution < -0.4 is 5.32 Å². The van der Waals surface area contributed by atoms with Gasteiger partial charge in [0.2, 0.25) is 11.7 Å². The van der Waals surface area contributed by atoms with E-state index in [1.54, 1.807) is 44.2 Å². The number of amides is 2. The number of carboxylic acid groups (broad SMARTS) is 1. The molecule has 51 heavy (non-hydrogen) atoms. The molecule has 2 aromatic rings. The van der Waals surface area contributed by atoms with E-state index >= 15 is 0 Å². The second kappa shape index (κ2) is 19.1. The van der Waals surface area contributed by atoms with E-state index in [1.165, 1.54) is 23.5 Å². The first-order valence-electron chi connectivity index (χ1n) is 17.9. The fraction of sp³-hybridized carbons (Fsp3) is 0.564. The summed E-state index contributed by atoms with van der Waals surface area (Å²) in [5, 5.41) is 12.5. The van der Waals surface area contributed by atoms with Crippen molar-refractivity contribution in [1.82, 2.24) is 20.2 Å². The van der Waals surface area contributed by atoms with Gasteiger partial charge in [-0.15, -0.1) is 0 Å². The third-order valence-corrected chi connectivity index (χ3v) is 9.79. The number of likely N-dealkylation sites (tertiary alicyclic amines) is 1. The summed E-state index contributed by atoms with van der Waals surface area (Å²) in [6.07, 6.45) is 4.68. The number of hydrogen-bond donors (Lipinski definition) is 2. The Morgan fingerprint density at radius 3 is 2.18 bits per heavy atom. The molecule has 1 unspecified atom stereocenters. The first-order chi connectivity index (χ1) is 24.2. The Morgan fingerprint density at radius 2 is 1.61 bits per heavy atom. The zero-order chi connectivity index (χ0) is 37.8. The van der Waals surface area contributed by atoms with Crippen LogP contribution in [0, 0.1) is 35.5 Å². The highest BCUT2D eigenvalue weighted by atomic mass is 16.4. The van der Waals surface area contributed by atoms with Crippen molar-refractivity contribution in [2.24, 2.45) is 35.5 Å². The molecule has 2 amide bonds. The van der Waals surface area contributed by atoms with Gasteiger partial charge in [-0.1, -0.05) is 78.3 Å². The van der Waals surface area contributed by atoms with Crippen molar-refractivity contribution in [3.8, 4) is 0 Å². The van der Waals surface area contributed by atoms with E-state index < -0.39 is 59.7 Å². The summed E-state index contributed by atoms with van der Waals surface area (Å²) in [7, 11) is 0. The fourth-order valence-corrected chi connectivity index (χ4v) is 6.84. The number of carboxylic acids is 1.